The van der Waals surface area contributed by atoms with Crippen molar-refractivity contribution in [2.45, 2.75) is 44.1 Å². The molecule has 1 fully saturated rings. The lowest BCUT2D eigenvalue weighted by atomic mass is 9.87. The number of halogens is 3. The van der Waals surface area contributed by atoms with Gasteiger partial charge in [-0.05, 0) is 37.8 Å². The second-order valence-corrected chi connectivity index (χ2v) is 5.86. The molecule has 0 bridgehead atoms. The fourth-order valence-electron chi connectivity index (χ4n) is 2.68. The number of nitrogens with two attached hydrogens (primary N) is 1. The van der Waals surface area contributed by atoms with Crippen LogP contribution in [-0.4, -0.2) is 24.2 Å². The minimum absolute atomic E-state index is 0.0108. The Morgan fingerprint density at radius 3 is 2.64 bits per heavy atom. The average Bonchev–Trinajstić information content (AvgIpc) is 2.47. The minimum Gasteiger partial charge on any atom is -0.490 e. The van der Waals surface area contributed by atoms with Crippen LogP contribution in [0.1, 0.15) is 43.8 Å². The Morgan fingerprint density at radius 2 is 2.00 bits per heavy atom. The van der Waals surface area contributed by atoms with Crippen LogP contribution in [0.3, 0.4) is 0 Å². The number of alkyl halides is 2. The molecule has 0 aromatic heterocycles. The number of aliphatic hydroxyl groups excluding tert-OH is 1. The number of rotatable bonds is 6. The maximum atomic E-state index is 14.3. The zero-order valence-corrected chi connectivity index (χ0v) is 12.4. The van der Waals surface area contributed by atoms with Crippen molar-refractivity contribution in [1.82, 2.24) is 0 Å². The molecule has 0 amide bonds. The van der Waals surface area contributed by atoms with Gasteiger partial charge < -0.3 is 15.6 Å². The first-order valence-corrected chi connectivity index (χ1v) is 7.60. The summed E-state index contributed by atoms with van der Waals surface area (Å²) < 4.78 is 45.9. The molecule has 1 aliphatic rings. The highest BCUT2D eigenvalue weighted by molar-refractivity contribution is 5.32. The molecule has 124 valence electrons. The van der Waals surface area contributed by atoms with Gasteiger partial charge in [0.25, 0.3) is 0 Å². The van der Waals surface area contributed by atoms with Crippen molar-refractivity contribution >= 4 is 0 Å². The van der Waals surface area contributed by atoms with E-state index in [1.165, 1.54) is 12.1 Å². The Balaban J connectivity index is 1.94. The van der Waals surface area contributed by atoms with E-state index in [-0.39, 0.29) is 49.6 Å². The maximum Gasteiger partial charge on any atom is 0.248 e. The predicted molar refractivity (Wildman–Crippen MR) is 77.4 cm³/mol. The van der Waals surface area contributed by atoms with Gasteiger partial charge >= 0.3 is 0 Å². The van der Waals surface area contributed by atoms with Crippen molar-refractivity contribution in [3.8, 4) is 5.75 Å². The fraction of sp³-hybridized carbons (Fsp3) is 0.625. The van der Waals surface area contributed by atoms with E-state index < -0.39 is 17.8 Å². The van der Waals surface area contributed by atoms with Gasteiger partial charge in [-0.15, -0.1) is 0 Å². The van der Waals surface area contributed by atoms with Crippen molar-refractivity contribution in [2.24, 2.45) is 11.7 Å². The summed E-state index contributed by atoms with van der Waals surface area (Å²) in [5, 5.41) is 9.84. The normalized spacial score (nSPS) is 19.9. The largest absolute Gasteiger partial charge is 0.490 e. The molecule has 0 aliphatic heterocycles. The summed E-state index contributed by atoms with van der Waals surface area (Å²) in [5.74, 6) is -3.12. The molecule has 0 spiro atoms. The van der Waals surface area contributed by atoms with Crippen molar-refractivity contribution < 1.29 is 23.0 Å². The zero-order valence-electron chi connectivity index (χ0n) is 12.4. The quantitative estimate of drug-likeness (QED) is 0.845. The van der Waals surface area contributed by atoms with Gasteiger partial charge in [-0.2, -0.15) is 0 Å². The highest BCUT2D eigenvalue weighted by atomic mass is 19.3. The molecule has 2 rings (SSSR count). The molecule has 1 aromatic carbocycles. The second-order valence-electron chi connectivity index (χ2n) is 5.86. The van der Waals surface area contributed by atoms with E-state index in [1.54, 1.807) is 6.07 Å². The molecule has 6 heteroatoms. The van der Waals surface area contributed by atoms with Crippen LogP contribution in [0.4, 0.5) is 13.2 Å². The summed E-state index contributed by atoms with van der Waals surface area (Å²) in [5.41, 5.74) is 5.51. The molecular formula is C16H22F3NO2. The van der Waals surface area contributed by atoms with Crippen LogP contribution >= 0.6 is 0 Å². The Morgan fingerprint density at radius 1 is 1.32 bits per heavy atom. The Kier molecular flexibility index (Phi) is 5.69. The van der Waals surface area contributed by atoms with Crippen LogP contribution in [0.5, 0.6) is 5.75 Å². The molecule has 1 aliphatic carbocycles. The molecule has 1 saturated carbocycles. The molecule has 1 unspecified atom stereocenters. The Labute approximate surface area is 128 Å². The minimum atomic E-state index is -2.58. The number of ether oxygens (including phenoxy) is 1. The van der Waals surface area contributed by atoms with E-state index in [2.05, 4.69) is 0 Å². The van der Waals surface area contributed by atoms with Crippen molar-refractivity contribution in [1.29, 1.82) is 0 Å². The number of aliphatic hydroxyl groups is 1. The van der Waals surface area contributed by atoms with Gasteiger partial charge in [-0.3, -0.25) is 0 Å². The van der Waals surface area contributed by atoms with Gasteiger partial charge in [0, 0.05) is 18.4 Å². The van der Waals surface area contributed by atoms with Crippen LogP contribution in [-0.2, 0) is 0 Å². The van der Waals surface area contributed by atoms with E-state index in [0.717, 1.165) is 0 Å². The van der Waals surface area contributed by atoms with Crippen LogP contribution in [0, 0.1) is 11.7 Å². The smallest absolute Gasteiger partial charge is 0.248 e. The van der Waals surface area contributed by atoms with Crippen molar-refractivity contribution in [3.05, 3.63) is 29.6 Å². The van der Waals surface area contributed by atoms with Gasteiger partial charge in [0.2, 0.25) is 5.92 Å². The lowest BCUT2D eigenvalue weighted by molar-refractivity contribution is -0.0500. The molecule has 0 heterocycles. The number of benzene rings is 1. The van der Waals surface area contributed by atoms with Crippen molar-refractivity contribution in [2.75, 3.05) is 13.2 Å². The third-order valence-corrected chi connectivity index (χ3v) is 4.10. The van der Waals surface area contributed by atoms with Crippen molar-refractivity contribution in [3.63, 3.8) is 0 Å². The Bertz CT molecular complexity index is 486. The molecule has 3 N–H and O–H groups in total. The molecule has 1 aromatic rings. The van der Waals surface area contributed by atoms with E-state index >= 15 is 0 Å². The summed E-state index contributed by atoms with van der Waals surface area (Å²) in [4.78, 5) is 0. The third-order valence-electron chi connectivity index (χ3n) is 4.10. The van der Waals surface area contributed by atoms with E-state index in [1.807, 2.05) is 0 Å². The molecule has 0 saturated heterocycles. The summed E-state index contributed by atoms with van der Waals surface area (Å²) in [6.07, 6.45) is -0.231. The first kappa shape index (κ1) is 17.1. The summed E-state index contributed by atoms with van der Waals surface area (Å²) in [6, 6.07) is 4.57. The van der Waals surface area contributed by atoms with Crippen LogP contribution in [0.2, 0.25) is 0 Å². The highest BCUT2D eigenvalue weighted by Gasteiger charge is 2.35. The van der Waals surface area contributed by atoms with E-state index in [4.69, 9.17) is 10.5 Å². The monoisotopic (exact) mass is 317 g/mol. The van der Waals surface area contributed by atoms with Gasteiger partial charge in [0.05, 0.1) is 12.7 Å². The van der Waals surface area contributed by atoms with Gasteiger partial charge in [-0.1, -0.05) is 12.1 Å². The van der Waals surface area contributed by atoms with Crippen LogP contribution in [0.25, 0.3) is 0 Å². The standard InChI is InChI=1S/C16H22F3NO2/c17-15-12(13(21)6-9-20)2-1-3-14(15)22-10-11-4-7-16(18,19)8-5-11/h1-3,11,13,21H,4-10,20H2. The van der Waals surface area contributed by atoms with Gasteiger partial charge in [-0.25, -0.2) is 13.2 Å². The molecular weight excluding hydrogens is 295 g/mol. The first-order valence-electron chi connectivity index (χ1n) is 7.60. The van der Waals surface area contributed by atoms with Gasteiger partial charge in [0.15, 0.2) is 11.6 Å². The highest BCUT2D eigenvalue weighted by Crippen LogP contribution is 2.36. The number of hydrogen-bond acceptors (Lipinski definition) is 3. The molecule has 22 heavy (non-hydrogen) atoms. The van der Waals surface area contributed by atoms with Crippen LogP contribution in [0.15, 0.2) is 18.2 Å². The first-order chi connectivity index (χ1) is 10.4. The predicted octanol–water partition coefficient (Wildman–Crippen LogP) is 3.41. The summed E-state index contributed by atoms with van der Waals surface area (Å²) in [7, 11) is 0. The second kappa shape index (κ2) is 7.33. The van der Waals surface area contributed by atoms with E-state index in [0.29, 0.717) is 12.8 Å². The zero-order chi connectivity index (χ0) is 16.2. The molecule has 0 radical (unpaired) electrons. The maximum absolute atomic E-state index is 14.3. The number of hydrogen-bond donors (Lipinski definition) is 2. The summed E-state index contributed by atoms with van der Waals surface area (Å²) in [6.45, 7) is 0.464. The molecule has 3 nitrogen and oxygen atoms in total. The average molecular weight is 317 g/mol. The topological polar surface area (TPSA) is 55.5 Å². The fourth-order valence-corrected chi connectivity index (χ4v) is 2.68. The van der Waals surface area contributed by atoms with E-state index in [9.17, 15) is 18.3 Å². The Hall–Kier alpha value is -1.27. The van der Waals surface area contributed by atoms with Gasteiger partial charge in [0.1, 0.15) is 0 Å². The lowest BCUT2D eigenvalue weighted by Crippen LogP contribution is -2.27. The SMILES string of the molecule is NCCC(O)c1cccc(OCC2CCC(F)(F)CC2)c1F. The van der Waals surface area contributed by atoms with Crippen LogP contribution < -0.4 is 10.5 Å². The summed E-state index contributed by atoms with van der Waals surface area (Å²) >= 11 is 0. The lowest BCUT2D eigenvalue weighted by Gasteiger charge is -2.28. The third kappa shape index (κ3) is 4.36. The molecule has 1 atom stereocenters.